The minimum Gasteiger partial charge on any atom is -0.344 e. The summed E-state index contributed by atoms with van der Waals surface area (Å²) in [7, 11) is 1.60. The van der Waals surface area contributed by atoms with Gasteiger partial charge in [0.15, 0.2) is 11.6 Å². The minimum absolute atomic E-state index is 0.284. The highest BCUT2D eigenvalue weighted by atomic mass is 19.2. The smallest absolute Gasteiger partial charge is 0.237 e. The lowest BCUT2D eigenvalue weighted by Gasteiger charge is -2.17. The highest BCUT2D eigenvalue weighted by Gasteiger charge is 2.44. The van der Waals surface area contributed by atoms with Gasteiger partial charge < -0.3 is 10.2 Å². The lowest BCUT2D eigenvalue weighted by atomic mass is 9.88. The first-order valence-electron chi connectivity index (χ1n) is 7.81. The number of likely N-dealkylation sites (N-methyl/N-ethyl adjacent to an activating group) is 1. The van der Waals surface area contributed by atoms with Gasteiger partial charge in [0.25, 0.3) is 0 Å². The highest BCUT2D eigenvalue weighted by molar-refractivity contribution is 6.08. The number of benzene rings is 1. The van der Waals surface area contributed by atoms with Crippen LogP contribution in [-0.2, 0) is 9.59 Å². The van der Waals surface area contributed by atoms with E-state index in [1.54, 1.807) is 19.3 Å². The first-order valence-corrected chi connectivity index (χ1v) is 7.81. The van der Waals surface area contributed by atoms with E-state index in [1.807, 2.05) is 13.0 Å². The topological polar surface area (TPSA) is 62.3 Å². The molecule has 0 aliphatic carbocycles. The molecule has 1 N–H and O–H groups in total. The number of hydrogen-bond acceptors (Lipinski definition) is 3. The molecule has 0 radical (unpaired) electrons. The molecule has 1 aromatic carbocycles. The fourth-order valence-electron chi connectivity index (χ4n) is 3.00. The van der Waals surface area contributed by atoms with Crippen LogP contribution >= 0.6 is 0 Å². The van der Waals surface area contributed by atoms with Crippen molar-refractivity contribution < 1.29 is 18.4 Å². The molecule has 7 heteroatoms. The molecule has 3 rings (SSSR count). The van der Waals surface area contributed by atoms with E-state index in [2.05, 4.69) is 10.3 Å². The summed E-state index contributed by atoms with van der Waals surface area (Å²) in [5.41, 5.74) is 1.29. The van der Waals surface area contributed by atoms with E-state index < -0.39 is 29.4 Å². The van der Waals surface area contributed by atoms with Gasteiger partial charge in [0.05, 0.1) is 5.69 Å². The zero-order chi connectivity index (χ0) is 18.1. The summed E-state index contributed by atoms with van der Waals surface area (Å²) in [6.07, 6.45) is 1.63. The molecule has 25 heavy (non-hydrogen) atoms. The lowest BCUT2D eigenvalue weighted by molar-refractivity contribution is -0.135. The van der Waals surface area contributed by atoms with Crippen molar-refractivity contribution in [1.82, 2.24) is 9.88 Å². The quantitative estimate of drug-likeness (QED) is 0.870. The van der Waals surface area contributed by atoms with Crippen molar-refractivity contribution >= 4 is 17.5 Å². The van der Waals surface area contributed by atoms with Crippen molar-refractivity contribution in [3.8, 4) is 0 Å². The Labute approximate surface area is 143 Å². The van der Waals surface area contributed by atoms with Crippen molar-refractivity contribution in [3.63, 3.8) is 0 Å². The molecule has 2 heterocycles. The van der Waals surface area contributed by atoms with Crippen LogP contribution in [0.2, 0.25) is 0 Å². The average molecular weight is 345 g/mol. The molecule has 2 amide bonds. The summed E-state index contributed by atoms with van der Waals surface area (Å²) in [6, 6.07) is 7.13. The Hall–Kier alpha value is -2.83. The third-order valence-electron chi connectivity index (χ3n) is 4.37. The van der Waals surface area contributed by atoms with Gasteiger partial charge in [-0.05, 0) is 30.7 Å². The first-order chi connectivity index (χ1) is 11.9. The van der Waals surface area contributed by atoms with E-state index >= 15 is 0 Å². The summed E-state index contributed by atoms with van der Waals surface area (Å²) in [5.74, 6) is -4.65. The van der Waals surface area contributed by atoms with E-state index in [1.165, 1.54) is 17.0 Å². The molecular formula is C18H17F2N3O2. The number of nitrogens with zero attached hydrogens (tertiary/aromatic N) is 2. The van der Waals surface area contributed by atoms with Gasteiger partial charge >= 0.3 is 0 Å². The molecule has 1 aliphatic rings. The predicted molar refractivity (Wildman–Crippen MR) is 87.8 cm³/mol. The molecule has 1 fully saturated rings. The summed E-state index contributed by atoms with van der Waals surface area (Å²) < 4.78 is 27.1. The van der Waals surface area contributed by atoms with Crippen molar-refractivity contribution in [2.75, 3.05) is 18.9 Å². The van der Waals surface area contributed by atoms with Crippen molar-refractivity contribution in [3.05, 3.63) is 59.4 Å². The molecular weight excluding hydrogens is 328 g/mol. The molecule has 0 saturated carbocycles. The number of carbonyl (C=O) groups excluding carboxylic acids is 2. The van der Waals surface area contributed by atoms with Gasteiger partial charge in [-0.25, -0.2) is 8.78 Å². The van der Waals surface area contributed by atoms with E-state index in [0.717, 1.165) is 17.3 Å². The number of rotatable bonds is 3. The van der Waals surface area contributed by atoms with Crippen molar-refractivity contribution in [2.24, 2.45) is 5.92 Å². The van der Waals surface area contributed by atoms with E-state index in [-0.39, 0.29) is 11.6 Å². The Kier molecular flexibility index (Phi) is 4.48. The number of anilines is 1. The maximum Gasteiger partial charge on any atom is 0.237 e. The molecule has 130 valence electrons. The normalized spacial score (nSPS) is 20.0. The van der Waals surface area contributed by atoms with Gasteiger partial charge in [0.2, 0.25) is 11.8 Å². The molecule has 2 aromatic rings. The fraction of sp³-hybridized carbons (Fsp3) is 0.278. The average Bonchev–Trinajstić information content (AvgIpc) is 2.88. The van der Waals surface area contributed by atoms with Crippen LogP contribution in [-0.4, -0.2) is 35.3 Å². The van der Waals surface area contributed by atoms with Gasteiger partial charge in [-0.1, -0.05) is 12.1 Å². The van der Waals surface area contributed by atoms with Gasteiger partial charge in [-0.3, -0.25) is 14.6 Å². The molecule has 5 nitrogen and oxygen atoms in total. The highest BCUT2D eigenvalue weighted by Crippen LogP contribution is 2.34. The SMILES string of the molecule is Cc1ccc([C@H]2CN(C)C(=O)[C@@H]2C(=O)Nc2cccc(F)c2F)cn1. The third kappa shape index (κ3) is 3.22. The second kappa shape index (κ2) is 6.58. The number of carbonyl (C=O) groups is 2. The van der Waals surface area contributed by atoms with Crippen LogP contribution in [0.15, 0.2) is 36.5 Å². The van der Waals surface area contributed by atoms with Gasteiger partial charge in [-0.2, -0.15) is 0 Å². The largest absolute Gasteiger partial charge is 0.344 e. The van der Waals surface area contributed by atoms with Crippen LogP contribution in [0.5, 0.6) is 0 Å². The lowest BCUT2D eigenvalue weighted by Crippen LogP contribution is -2.33. The number of aryl methyl sites for hydroxylation is 1. The zero-order valence-electron chi connectivity index (χ0n) is 13.8. The zero-order valence-corrected chi connectivity index (χ0v) is 13.8. The maximum atomic E-state index is 13.8. The van der Waals surface area contributed by atoms with Gasteiger partial charge in [-0.15, -0.1) is 0 Å². The third-order valence-corrected chi connectivity index (χ3v) is 4.37. The Balaban J connectivity index is 1.89. The van der Waals surface area contributed by atoms with Crippen LogP contribution in [0.4, 0.5) is 14.5 Å². The minimum atomic E-state index is -1.15. The molecule has 1 aromatic heterocycles. The van der Waals surface area contributed by atoms with E-state index in [9.17, 15) is 18.4 Å². The van der Waals surface area contributed by atoms with Crippen molar-refractivity contribution in [2.45, 2.75) is 12.8 Å². The Morgan fingerprint density at radius 2 is 2.04 bits per heavy atom. The molecule has 0 spiro atoms. The number of hydrogen-bond donors (Lipinski definition) is 1. The fourth-order valence-corrected chi connectivity index (χ4v) is 3.00. The number of likely N-dealkylation sites (tertiary alicyclic amines) is 1. The summed E-state index contributed by atoms with van der Waals surface area (Å²) >= 11 is 0. The number of amides is 2. The maximum absolute atomic E-state index is 13.8. The van der Waals surface area contributed by atoms with Crippen LogP contribution < -0.4 is 5.32 Å². The molecule has 0 bridgehead atoms. The number of halogens is 2. The molecule has 1 aliphatic heterocycles. The van der Waals surface area contributed by atoms with Gasteiger partial charge in [0.1, 0.15) is 5.92 Å². The van der Waals surface area contributed by atoms with Crippen LogP contribution in [0.3, 0.4) is 0 Å². The van der Waals surface area contributed by atoms with Crippen LogP contribution in [0, 0.1) is 24.5 Å². The monoisotopic (exact) mass is 345 g/mol. The van der Waals surface area contributed by atoms with Crippen LogP contribution in [0.1, 0.15) is 17.2 Å². The number of aromatic nitrogens is 1. The summed E-state index contributed by atoms with van der Waals surface area (Å²) in [5, 5.41) is 2.33. The Bertz CT molecular complexity index is 824. The van der Waals surface area contributed by atoms with Crippen molar-refractivity contribution in [1.29, 1.82) is 0 Å². The second-order valence-corrected chi connectivity index (χ2v) is 6.13. The van der Waals surface area contributed by atoms with E-state index in [4.69, 9.17) is 0 Å². The molecule has 0 unspecified atom stereocenters. The molecule has 1 saturated heterocycles. The first kappa shape index (κ1) is 17.0. The molecule has 2 atom stereocenters. The Morgan fingerprint density at radius 3 is 2.72 bits per heavy atom. The predicted octanol–water partition coefficient (Wildman–Crippen LogP) is 2.48. The number of nitrogens with one attached hydrogen (secondary N) is 1. The Morgan fingerprint density at radius 1 is 1.28 bits per heavy atom. The van der Waals surface area contributed by atoms with Crippen LogP contribution in [0.25, 0.3) is 0 Å². The summed E-state index contributed by atoms with van der Waals surface area (Å²) in [4.78, 5) is 30.7. The number of pyridine rings is 1. The second-order valence-electron chi connectivity index (χ2n) is 6.13. The van der Waals surface area contributed by atoms with E-state index in [0.29, 0.717) is 6.54 Å². The summed E-state index contributed by atoms with van der Waals surface area (Å²) in [6.45, 7) is 2.19. The standard InChI is InChI=1S/C18H17F2N3O2/c1-10-6-7-11(8-21-10)12-9-23(2)18(25)15(12)17(24)22-14-5-3-4-13(19)16(14)20/h3-8,12,15H,9H2,1-2H3,(H,22,24)/t12-,15+/m1/s1. The van der Waals surface area contributed by atoms with Gasteiger partial charge in [0, 0.05) is 31.4 Å².